The van der Waals surface area contributed by atoms with Crippen molar-refractivity contribution < 1.29 is 14.0 Å². The molecule has 0 radical (unpaired) electrons. The van der Waals surface area contributed by atoms with Gasteiger partial charge in [0.25, 0.3) is 0 Å². The van der Waals surface area contributed by atoms with Crippen molar-refractivity contribution in [1.82, 2.24) is 0 Å². The molecule has 3 aromatic carbocycles. The molecule has 1 aliphatic carbocycles. The number of nitrogens with zero attached hydrogens (tertiary/aromatic N) is 1. The number of fused-ring (bicyclic) bond motifs is 5. The van der Waals surface area contributed by atoms with Gasteiger partial charge in [0.15, 0.2) is 0 Å². The predicted octanol–water partition coefficient (Wildman–Crippen LogP) is 5.06. The first kappa shape index (κ1) is 19.9. The third kappa shape index (κ3) is 2.96. The van der Waals surface area contributed by atoms with Crippen molar-refractivity contribution >= 4 is 40.1 Å². The molecule has 0 N–H and O–H groups in total. The smallest absolute Gasteiger partial charge is 0.340 e. The van der Waals surface area contributed by atoms with Crippen molar-refractivity contribution in [2.24, 2.45) is 5.92 Å². The predicted molar refractivity (Wildman–Crippen MR) is 126 cm³/mol. The molecule has 3 unspecified atom stereocenters. The Morgan fingerprint density at radius 3 is 2.27 bits per heavy atom. The lowest BCUT2D eigenvalue weighted by atomic mass is 9.67. The Morgan fingerprint density at radius 1 is 0.848 bits per heavy atom. The standard InChI is InChI=1S/C27H18ClNO4/c28-16-11-12-18-20-14-19(15-7-3-1-4-8-15)22-24(23(20)27(32)33-21(18)13-16)26(31)29(25(22)30)17-9-5-2-6-10-17/h1-13,19,22,24H,14H2. The van der Waals surface area contributed by atoms with Crippen LogP contribution in [0.25, 0.3) is 11.0 Å². The van der Waals surface area contributed by atoms with E-state index >= 15 is 0 Å². The Kier molecular flexibility index (Phi) is 4.49. The van der Waals surface area contributed by atoms with E-state index in [4.69, 9.17) is 16.0 Å². The third-order valence-corrected chi connectivity index (χ3v) is 7.01. The quantitative estimate of drug-likeness (QED) is 0.313. The van der Waals surface area contributed by atoms with Crippen LogP contribution in [0.2, 0.25) is 5.02 Å². The summed E-state index contributed by atoms with van der Waals surface area (Å²) < 4.78 is 5.59. The maximum atomic E-state index is 13.7. The highest BCUT2D eigenvalue weighted by Crippen LogP contribution is 2.51. The summed E-state index contributed by atoms with van der Waals surface area (Å²) in [6, 6.07) is 23.7. The van der Waals surface area contributed by atoms with Crippen molar-refractivity contribution in [2.45, 2.75) is 18.3 Å². The molecular weight excluding hydrogens is 438 g/mol. The van der Waals surface area contributed by atoms with Crippen LogP contribution in [0.15, 0.2) is 88.1 Å². The molecule has 2 aliphatic rings. The fourth-order valence-electron chi connectivity index (χ4n) is 5.39. The molecule has 6 rings (SSSR count). The number of hydrogen-bond acceptors (Lipinski definition) is 4. The van der Waals surface area contributed by atoms with E-state index in [0.29, 0.717) is 28.3 Å². The Bertz CT molecular complexity index is 1480. The van der Waals surface area contributed by atoms with E-state index in [1.807, 2.05) is 42.5 Å². The summed E-state index contributed by atoms with van der Waals surface area (Å²) in [5, 5.41) is 1.20. The molecule has 1 fully saturated rings. The van der Waals surface area contributed by atoms with Gasteiger partial charge >= 0.3 is 5.63 Å². The summed E-state index contributed by atoms with van der Waals surface area (Å²) in [6.45, 7) is 0. The number of benzene rings is 3. The van der Waals surface area contributed by atoms with Gasteiger partial charge in [0, 0.05) is 22.4 Å². The number of hydrogen-bond donors (Lipinski definition) is 0. The van der Waals surface area contributed by atoms with Crippen molar-refractivity contribution in [2.75, 3.05) is 4.90 Å². The largest absolute Gasteiger partial charge is 0.422 e. The number of carbonyl (C=O) groups is 2. The zero-order chi connectivity index (χ0) is 22.7. The minimum absolute atomic E-state index is 0.255. The second-order valence-electron chi connectivity index (χ2n) is 8.49. The van der Waals surface area contributed by atoms with E-state index in [0.717, 1.165) is 16.5 Å². The van der Waals surface area contributed by atoms with Crippen molar-refractivity contribution in [3.63, 3.8) is 0 Å². The van der Waals surface area contributed by atoms with Crippen LogP contribution in [0.1, 0.15) is 28.5 Å². The Labute approximate surface area is 194 Å². The number of halogens is 1. The second-order valence-corrected chi connectivity index (χ2v) is 8.93. The van der Waals surface area contributed by atoms with Crippen LogP contribution in [0.5, 0.6) is 0 Å². The summed E-state index contributed by atoms with van der Waals surface area (Å²) in [7, 11) is 0. The summed E-state index contributed by atoms with van der Waals surface area (Å²) in [5.41, 5.74) is 2.31. The van der Waals surface area contributed by atoms with Gasteiger partial charge in [-0.15, -0.1) is 0 Å². The molecule has 162 valence electrons. The zero-order valence-electron chi connectivity index (χ0n) is 17.4. The lowest BCUT2D eigenvalue weighted by Gasteiger charge is -2.32. The molecule has 0 saturated carbocycles. The summed E-state index contributed by atoms with van der Waals surface area (Å²) in [5.74, 6) is -2.51. The Balaban J connectivity index is 1.62. The summed E-state index contributed by atoms with van der Waals surface area (Å²) in [4.78, 5) is 41.9. The topological polar surface area (TPSA) is 67.6 Å². The van der Waals surface area contributed by atoms with Crippen LogP contribution in [0, 0.1) is 5.92 Å². The molecular formula is C27H18ClNO4. The molecule has 4 aromatic rings. The van der Waals surface area contributed by atoms with Gasteiger partial charge in [-0.25, -0.2) is 9.69 Å². The van der Waals surface area contributed by atoms with E-state index in [-0.39, 0.29) is 11.8 Å². The van der Waals surface area contributed by atoms with Gasteiger partial charge in [0.2, 0.25) is 11.8 Å². The van der Waals surface area contributed by atoms with Gasteiger partial charge in [0.05, 0.1) is 23.1 Å². The van der Waals surface area contributed by atoms with Crippen LogP contribution >= 0.6 is 11.6 Å². The first-order valence-electron chi connectivity index (χ1n) is 10.8. The third-order valence-electron chi connectivity index (χ3n) is 6.78. The fraction of sp³-hybridized carbons (Fsp3) is 0.148. The van der Waals surface area contributed by atoms with Crippen molar-refractivity contribution in [3.05, 3.63) is 111 Å². The minimum atomic E-state index is -0.900. The fourth-order valence-corrected chi connectivity index (χ4v) is 5.55. The molecule has 0 bridgehead atoms. The first-order valence-corrected chi connectivity index (χ1v) is 11.2. The SMILES string of the molecule is O=C1C2c3c(c4ccc(Cl)cc4oc3=O)CC(c3ccccc3)C2C(=O)N1c1ccccc1. The highest BCUT2D eigenvalue weighted by Gasteiger charge is 2.56. The van der Waals surface area contributed by atoms with Crippen LogP contribution < -0.4 is 10.5 Å². The zero-order valence-corrected chi connectivity index (χ0v) is 18.2. The number of anilines is 1. The molecule has 2 amide bonds. The number of para-hydroxylation sites is 1. The Hall–Kier alpha value is -3.70. The number of rotatable bonds is 2. The van der Waals surface area contributed by atoms with Crippen molar-refractivity contribution in [3.8, 4) is 0 Å². The number of carbonyl (C=O) groups excluding carboxylic acids is 2. The van der Waals surface area contributed by atoms with E-state index in [1.165, 1.54) is 4.90 Å². The normalized spacial score (nSPS) is 21.8. The van der Waals surface area contributed by atoms with Gasteiger partial charge in [0.1, 0.15) is 5.58 Å². The van der Waals surface area contributed by atoms with E-state index in [9.17, 15) is 14.4 Å². The average Bonchev–Trinajstić information content (AvgIpc) is 3.09. The van der Waals surface area contributed by atoms with Gasteiger partial charge < -0.3 is 4.42 Å². The molecule has 1 aliphatic heterocycles. The summed E-state index contributed by atoms with van der Waals surface area (Å²) >= 11 is 6.13. The van der Waals surface area contributed by atoms with Gasteiger partial charge in [-0.3, -0.25) is 9.59 Å². The first-order chi connectivity index (χ1) is 16.0. The van der Waals surface area contributed by atoms with Crippen LogP contribution in [0.4, 0.5) is 5.69 Å². The second kappa shape index (κ2) is 7.42. The van der Waals surface area contributed by atoms with E-state index in [1.54, 1.807) is 36.4 Å². The lowest BCUT2D eigenvalue weighted by molar-refractivity contribution is -0.122. The average molecular weight is 456 g/mol. The molecule has 1 saturated heterocycles. The Morgan fingerprint density at radius 2 is 1.55 bits per heavy atom. The molecule has 3 atom stereocenters. The molecule has 33 heavy (non-hydrogen) atoms. The monoisotopic (exact) mass is 455 g/mol. The molecule has 0 spiro atoms. The van der Waals surface area contributed by atoms with Gasteiger partial charge in [-0.1, -0.05) is 60.1 Å². The van der Waals surface area contributed by atoms with E-state index < -0.39 is 23.4 Å². The van der Waals surface area contributed by atoms with Crippen LogP contribution in [-0.4, -0.2) is 11.8 Å². The van der Waals surface area contributed by atoms with Crippen LogP contribution in [0.3, 0.4) is 0 Å². The lowest BCUT2D eigenvalue weighted by Crippen LogP contribution is -2.34. The highest BCUT2D eigenvalue weighted by molar-refractivity contribution is 6.31. The summed E-state index contributed by atoms with van der Waals surface area (Å²) in [6.07, 6.45) is 0.450. The maximum absolute atomic E-state index is 13.7. The van der Waals surface area contributed by atoms with E-state index in [2.05, 4.69) is 0 Å². The maximum Gasteiger partial charge on any atom is 0.340 e. The molecule has 2 heterocycles. The van der Waals surface area contributed by atoms with Gasteiger partial charge in [-0.2, -0.15) is 0 Å². The van der Waals surface area contributed by atoms with Crippen molar-refractivity contribution in [1.29, 1.82) is 0 Å². The highest BCUT2D eigenvalue weighted by atomic mass is 35.5. The molecule has 1 aromatic heterocycles. The number of amides is 2. The van der Waals surface area contributed by atoms with Gasteiger partial charge in [-0.05, 0) is 41.8 Å². The molecule has 6 heteroatoms. The van der Waals surface area contributed by atoms with Crippen LogP contribution in [-0.2, 0) is 16.0 Å². The number of imide groups is 1. The molecule has 5 nitrogen and oxygen atoms in total. The minimum Gasteiger partial charge on any atom is -0.422 e.